The summed E-state index contributed by atoms with van der Waals surface area (Å²) in [7, 11) is 0. The highest BCUT2D eigenvalue weighted by molar-refractivity contribution is 5.94. The first-order valence-electron chi connectivity index (χ1n) is 9.17. The van der Waals surface area contributed by atoms with Gasteiger partial charge >= 0.3 is 0 Å². The average Bonchev–Trinajstić information content (AvgIpc) is 3.18. The average molecular weight is 363 g/mol. The van der Waals surface area contributed by atoms with E-state index < -0.39 is 0 Å². The van der Waals surface area contributed by atoms with Crippen LogP contribution in [0.5, 0.6) is 5.75 Å². The second kappa shape index (κ2) is 8.54. The van der Waals surface area contributed by atoms with Crippen LogP contribution in [0.2, 0.25) is 0 Å². The summed E-state index contributed by atoms with van der Waals surface area (Å²) >= 11 is 0. The van der Waals surface area contributed by atoms with E-state index in [4.69, 9.17) is 4.74 Å². The maximum absolute atomic E-state index is 12.6. The van der Waals surface area contributed by atoms with E-state index in [1.54, 1.807) is 18.3 Å². The molecule has 0 bridgehead atoms. The highest BCUT2D eigenvalue weighted by Crippen LogP contribution is 2.20. The second-order valence-corrected chi connectivity index (χ2v) is 6.98. The highest BCUT2D eigenvalue weighted by atomic mass is 16.5. The number of carbonyl (C=O) groups is 1. The van der Waals surface area contributed by atoms with Crippen molar-refractivity contribution in [1.29, 1.82) is 0 Å². The molecule has 0 saturated carbocycles. The van der Waals surface area contributed by atoms with Gasteiger partial charge < -0.3 is 15.0 Å². The zero-order valence-electron chi connectivity index (χ0n) is 15.9. The molecule has 1 aromatic heterocycles. The summed E-state index contributed by atoms with van der Waals surface area (Å²) in [6.07, 6.45) is 1.79. The normalized spacial score (nSPS) is 12.0. The summed E-state index contributed by atoms with van der Waals surface area (Å²) in [4.78, 5) is 20.3. The SMILES string of the molecule is CC(C)COc1cccc(C(=O)NC(C)c2ncc(-c3ccccc3)[nH]2)c1. The van der Waals surface area contributed by atoms with Gasteiger partial charge in [-0.05, 0) is 36.6 Å². The Balaban J connectivity index is 1.66. The molecule has 0 spiro atoms. The first-order valence-corrected chi connectivity index (χ1v) is 9.17. The second-order valence-electron chi connectivity index (χ2n) is 6.98. The lowest BCUT2D eigenvalue weighted by molar-refractivity contribution is 0.0938. The minimum atomic E-state index is -0.241. The van der Waals surface area contributed by atoms with Gasteiger partial charge in [0.25, 0.3) is 5.91 Å². The van der Waals surface area contributed by atoms with Gasteiger partial charge in [-0.1, -0.05) is 50.2 Å². The molecule has 5 nitrogen and oxygen atoms in total. The van der Waals surface area contributed by atoms with E-state index in [1.165, 1.54) is 0 Å². The summed E-state index contributed by atoms with van der Waals surface area (Å²) in [5.74, 6) is 1.69. The molecule has 5 heteroatoms. The van der Waals surface area contributed by atoms with Crippen molar-refractivity contribution in [2.24, 2.45) is 5.92 Å². The Kier molecular flexibility index (Phi) is 5.91. The molecule has 1 amide bonds. The monoisotopic (exact) mass is 363 g/mol. The fraction of sp³-hybridized carbons (Fsp3) is 0.273. The van der Waals surface area contributed by atoms with Crippen LogP contribution in [0.1, 0.15) is 43.0 Å². The number of carbonyl (C=O) groups excluding carboxylic acids is 1. The van der Waals surface area contributed by atoms with Crippen LogP contribution in [0, 0.1) is 5.92 Å². The molecular formula is C22H25N3O2. The summed E-state index contributed by atoms with van der Waals surface area (Å²) in [6.45, 7) is 6.71. The van der Waals surface area contributed by atoms with E-state index in [0.29, 0.717) is 23.8 Å². The molecular weight excluding hydrogens is 338 g/mol. The molecule has 0 aliphatic rings. The number of ether oxygens (including phenoxy) is 1. The zero-order valence-corrected chi connectivity index (χ0v) is 15.9. The van der Waals surface area contributed by atoms with Crippen LogP contribution >= 0.6 is 0 Å². The Morgan fingerprint density at radius 1 is 1.11 bits per heavy atom. The zero-order chi connectivity index (χ0) is 19.2. The summed E-state index contributed by atoms with van der Waals surface area (Å²) in [6, 6.07) is 17.0. The molecule has 0 fully saturated rings. The fourth-order valence-corrected chi connectivity index (χ4v) is 2.66. The van der Waals surface area contributed by atoms with E-state index in [2.05, 4.69) is 29.1 Å². The lowest BCUT2D eigenvalue weighted by Crippen LogP contribution is -2.27. The highest BCUT2D eigenvalue weighted by Gasteiger charge is 2.15. The van der Waals surface area contributed by atoms with Crippen LogP contribution in [-0.4, -0.2) is 22.5 Å². The Labute approximate surface area is 159 Å². The summed E-state index contributed by atoms with van der Waals surface area (Å²) in [5, 5.41) is 2.98. The smallest absolute Gasteiger partial charge is 0.251 e. The number of aromatic amines is 1. The minimum Gasteiger partial charge on any atom is -0.493 e. The number of benzene rings is 2. The van der Waals surface area contributed by atoms with Crippen LogP contribution < -0.4 is 10.1 Å². The van der Waals surface area contributed by atoms with Gasteiger partial charge in [0.2, 0.25) is 0 Å². The number of rotatable bonds is 7. The summed E-state index contributed by atoms with van der Waals surface area (Å²) in [5.41, 5.74) is 2.55. The molecule has 140 valence electrons. The van der Waals surface area contributed by atoms with Crippen molar-refractivity contribution in [3.63, 3.8) is 0 Å². The van der Waals surface area contributed by atoms with E-state index in [9.17, 15) is 4.79 Å². The molecule has 0 aliphatic heterocycles. The number of aromatic nitrogens is 2. The predicted octanol–water partition coefficient (Wildman–Crippen LogP) is 4.60. The molecule has 1 unspecified atom stereocenters. The third kappa shape index (κ3) is 4.97. The van der Waals surface area contributed by atoms with Crippen LogP contribution in [0.3, 0.4) is 0 Å². The van der Waals surface area contributed by atoms with Gasteiger partial charge in [0.15, 0.2) is 0 Å². The molecule has 2 aromatic carbocycles. The first-order chi connectivity index (χ1) is 13.0. The van der Waals surface area contributed by atoms with E-state index >= 15 is 0 Å². The van der Waals surface area contributed by atoms with Crippen LogP contribution in [0.25, 0.3) is 11.3 Å². The van der Waals surface area contributed by atoms with Gasteiger partial charge in [0, 0.05) is 5.56 Å². The van der Waals surface area contributed by atoms with E-state index in [0.717, 1.165) is 17.1 Å². The maximum Gasteiger partial charge on any atom is 0.251 e. The molecule has 3 aromatic rings. The molecule has 2 N–H and O–H groups in total. The molecule has 1 heterocycles. The van der Waals surface area contributed by atoms with Gasteiger partial charge in [-0.2, -0.15) is 0 Å². The Hall–Kier alpha value is -3.08. The lowest BCUT2D eigenvalue weighted by Gasteiger charge is -2.13. The van der Waals surface area contributed by atoms with Crippen LogP contribution in [0.4, 0.5) is 0 Å². The van der Waals surface area contributed by atoms with E-state index in [-0.39, 0.29) is 11.9 Å². The number of H-pyrrole nitrogens is 1. The molecule has 0 aliphatic carbocycles. The van der Waals surface area contributed by atoms with Crippen molar-refractivity contribution in [3.05, 3.63) is 72.2 Å². The number of amides is 1. The minimum absolute atomic E-state index is 0.157. The van der Waals surface area contributed by atoms with Gasteiger partial charge in [-0.3, -0.25) is 4.79 Å². The number of hydrogen-bond donors (Lipinski definition) is 2. The molecule has 27 heavy (non-hydrogen) atoms. The Morgan fingerprint density at radius 2 is 1.89 bits per heavy atom. The standard InChI is InChI=1S/C22H25N3O2/c1-15(2)14-27-19-11-7-10-18(12-19)22(26)24-16(3)21-23-13-20(25-21)17-8-5-4-6-9-17/h4-13,15-16H,14H2,1-3H3,(H,23,25)(H,24,26). The number of nitrogens with one attached hydrogen (secondary N) is 2. The third-order valence-electron chi connectivity index (χ3n) is 4.12. The van der Waals surface area contributed by atoms with Crippen molar-refractivity contribution < 1.29 is 9.53 Å². The van der Waals surface area contributed by atoms with Crippen molar-refractivity contribution in [2.45, 2.75) is 26.8 Å². The van der Waals surface area contributed by atoms with Crippen molar-refractivity contribution >= 4 is 5.91 Å². The van der Waals surface area contributed by atoms with Gasteiger partial charge in [-0.15, -0.1) is 0 Å². The van der Waals surface area contributed by atoms with E-state index in [1.807, 2.05) is 49.4 Å². The fourth-order valence-electron chi connectivity index (χ4n) is 2.66. The van der Waals surface area contributed by atoms with Gasteiger partial charge in [0.1, 0.15) is 11.6 Å². The largest absolute Gasteiger partial charge is 0.493 e. The first kappa shape index (κ1) is 18.7. The number of imidazole rings is 1. The molecule has 1 atom stereocenters. The van der Waals surface area contributed by atoms with Crippen molar-refractivity contribution in [3.8, 4) is 17.0 Å². The maximum atomic E-state index is 12.6. The van der Waals surface area contributed by atoms with Gasteiger partial charge in [0.05, 0.1) is 24.5 Å². The topological polar surface area (TPSA) is 67.0 Å². The quantitative estimate of drug-likeness (QED) is 0.644. The molecule has 0 radical (unpaired) electrons. The summed E-state index contributed by atoms with van der Waals surface area (Å²) < 4.78 is 5.70. The molecule has 0 saturated heterocycles. The Bertz CT molecular complexity index is 887. The third-order valence-corrected chi connectivity index (χ3v) is 4.12. The van der Waals surface area contributed by atoms with Crippen molar-refractivity contribution in [1.82, 2.24) is 15.3 Å². The van der Waals surface area contributed by atoms with Crippen LogP contribution in [-0.2, 0) is 0 Å². The lowest BCUT2D eigenvalue weighted by atomic mass is 10.2. The molecule has 3 rings (SSSR count). The number of nitrogens with zero attached hydrogens (tertiary/aromatic N) is 1. The van der Waals surface area contributed by atoms with Crippen molar-refractivity contribution in [2.75, 3.05) is 6.61 Å². The predicted molar refractivity (Wildman–Crippen MR) is 107 cm³/mol. The van der Waals surface area contributed by atoms with Crippen LogP contribution in [0.15, 0.2) is 60.8 Å². The number of hydrogen-bond acceptors (Lipinski definition) is 3. The van der Waals surface area contributed by atoms with Gasteiger partial charge in [-0.25, -0.2) is 4.98 Å². The Morgan fingerprint density at radius 3 is 2.63 bits per heavy atom.